The van der Waals surface area contributed by atoms with Gasteiger partial charge in [-0.05, 0) is 49.5 Å². The van der Waals surface area contributed by atoms with Crippen molar-refractivity contribution in [2.75, 3.05) is 19.6 Å². The Bertz CT molecular complexity index is 720. The van der Waals surface area contributed by atoms with Crippen LogP contribution in [0.25, 0.3) is 10.9 Å². The molecule has 2 N–H and O–H groups in total. The summed E-state index contributed by atoms with van der Waals surface area (Å²) in [5.74, 6) is 0.692. The molecule has 0 spiro atoms. The third-order valence-electron chi connectivity index (χ3n) is 4.89. The maximum Gasteiger partial charge on any atom is 0.0634 e. The van der Waals surface area contributed by atoms with Gasteiger partial charge in [-0.3, -0.25) is 5.10 Å². The third-order valence-corrected chi connectivity index (χ3v) is 4.89. The van der Waals surface area contributed by atoms with E-state index in [-0.39, 0.29) is 0 Å². The van der Waals surface area contributed by atoms with Crippen molar-refractivity contribution in [2.24, 2.45) is 0 Å². The van der Waals surface area contributed by atoms with Gasteiger partial charge in [0.1, 0.15) is 0 Å². The number of hydrogen-bond donors (Lipinski definition) is 2. The second-order valence-corrected chi connectivity index (χ2v) is 6.22. The standard InChI is InChI=1S/C18H22N4/c1-2-4-18-16(3-1)17(13-19-18)14-6-10-22(11-7-14)12-8-15-5-9-20-21-15/h1-5,9,13-14,19H,6-8,10-12H2,(H,20,21). The number of hydrogen-bond acceptors (Lipinski definition) is 2. The number of fused-ring (bicyclic) bond motifs is 1. The van der Waals surface area contributed by atoms with Gasteiger partial charge in [-0.1, -0.05) is 18.2 Å². The summed E-state index contributed by atoms with van der Waals surface area (Å²) in [4.78, 5) is 5.98. The largest absolute Gasteiger partial charge is 0.361 e. The normalized spacial score (nSPS) is 17.3. The molecule has 1 saturated heterocycles. The molecule has 0 atom stereocenters. The molecule has 114 valence electrons. The topological polar surface area (TPSA) is 47.7 Å². The van der Waals surface area contributed by atoms with Gasteiger partial charge in [-0.15, -0.1) is 0 Å². The van der Waals surface area contributed by atoms with Gasteiger partial charge in [0.25, 0.3) is 0 Å². The summed E-state index contributed by atoms with van der Waals surface area (Å²) in [6, 6.07) is 10.7. The van der Waals surface area contributed by atoms with Gasteiger partial charge in [0.2, 0.25) is 0 Å². The van der Waals surface area contributed by atoms with Crippen LogP contribution in [-0.4, -0.2) is 39.7 Å². The van der Waals surface area contributed by atoms with Gasteiger partial charge < -0.3 is 9.88 Å². The lowest BCUT2D eigenvalue weighted by molar-refractivity contribution is 0.214. The molecule has 3 heterocycles. The van der Waals surface area contributed by atoms with E-state index < -0.39 is 0 Å². The number of aromatic nitrogens is 3. The van der Waals surface area contributed by atoms with Crippen molar-refractivity contribution in [3.63, 3.8) is 0 Å². The highest BCUT2D eigenvalue weighted by atomic mass is 15.1. The molecule has 0 saturated carbocycles. The zero-order chi connectivity index (χ0) is 14.8. The molecule has 0 amide bonds. The van der Waals surface area contributed by atoms with Gasteiger partial charge in [-0.2, -0.15) is 5.10 Å². The Morgan fingerprint density at radius 3 is 2.82 bits per heavy atom. The lowest BCUT2D eigenvalue weighted by Gasteiger charge is -2.31. The summed E-state index contributed by atoms with van der Waals surface area (Å²) in [5, 5.41) is 8.52. The summed E-state index contributed by atoms with van der Waals surface area (Å²) < 4.78 is 0. The number of likely N-dealkylation sites (tertiary alicyclic amines) is 1. The smallest absolute Gasteiger partial charge is 0.0634 e. The van der Waals surface area contributed by atoms with Crippen LogP contribution < -0.4 is 0 Å². The van der Waals surface area contributed by atoms with E-state index in [4.69, 9.17) is 0 Å². The highest BCUT2D eigenvalue weighted by Gasteiger charge is 2.22. The van der Waals surface area contributed by atoms with E-state index in [1.807, 2.05) is 6.20 Å². The number of para-hydroxylation sites is 1. The second kappa shape index (κ2) is 5.97. The van der Waals surface area contributed by atoms with Crippen LogP contribution >= 0.6 is 0 Å². The van der Waals surface area contributed by atoms with Crippen molar-refractivity contribution < 1.29 is 0 Å². The summed E-state index contributed by atoms with van der Waals surface area (Å²) >= 11 is 0. The number of aromatic amines is 2. The highest BCUT2D eigenvalue weighted by Crippen LogP contribution is 2.32. The van der Waals surface area contributed by atoms with Crippen LogP contribution in [-0.2, 0) is 6.42 Å². The highest BCUT2D eigenvalue weighted by molar-refractivity contribution is 5.83. The van der Waals surface area contributed by atoms with Crippen LogP contribution in [0, 0.1) is 0 Å². The summed E-state index contributed by atoms with van der Waals surface area (Å²) in [7, 11) is 0. The molecule has 4 rings (SSSR count). The second-order valence-electron chi connectivity index (χ2n) is 6.22. The fourth-order valence-corrected chi connectivity index (χ4v) is 3.60. The van der Waals surface area contributed by atoms with Gasteiger partial charge >= 0.3 is 0 Å². The molecule has 1 aliphatic rings. The first-order valence-corrected chi connectivity index (χ1v) is 8.17. The van der Waals surface area contributed by atoms with Crippen LogP contribution in [0.15, 0.2) is 42.7 Å². The predicted octanol–water partition coefficient (Wildman–Crippen LogP) is 3.31. The van der Waals surface area contributed by atoms with Crippen LogP contribution in [0.2, 0.25) is 0 Å². The molecule has 2 aromatic heterocycles. The zero-order valence-electron chi connectivity index (χ0n) is 12.8. The van der Waals surface area contributed by atoms with Gasteiger partial charge in [0.05, 0.1) is 5.69 Å². The Balaban J connectivity index is 1.37. The first-order valence-electron chi connectivity index (χ1n) is 8.17. The van der Waals surface area contributed by atoms with Crippen LogP contribution in [0.5, 0.6) is 0 Å². The Hall–Kier alpha value is -2.07. The molecule has 0 radical (unpaired) electrons. The first-order chi connectivity index (χ1) is 10.9. The zero-order valence-corrected chi connectivity index (χ0v) is 12.8. The lowest BCUT2D eigenvalue weighted by atomic mass is 9.89. The minimum Gasteiger partial charge on any atom is -0.361 e. The SMILES string of the molecule is c1ccc2c(C3CCN(CCc4cc[nH]n4)CC3)c[nH]c2c1. The number of nitrogens with zero attached hydrogens (tertiary/aromatic N) is 2. The van der Waals surface area contributed by atoms with E-state index in [9.17, 15) is 0 Å². The predicted molar refractivity (Wildman–Crippen MR) is 89.0 cm³/mol. The van der Waals surface area contributed by atoms with Crippen molar-refractivity contribution in [3.05, 3.63) is 54.0 Å². The Morgan fingerprint density at radius 2 is 2.00 bits per heavy atom. The third kappa shape index (κ3) is 2.66. The molecule has 0 bridgehead atoms. The summed E-state index contributed by atoms with van der Waals surface area (Å²) in [6.45, 7) is 3.49. The Labute approximate surface area is 130 Å². The van der Waals surface area contributed by atoms with E-state index in [0.717, 1.165) is 13.0 Å². The van der Waals surface area contributed by atoms with Crippen LogP contribution in [0.4, 0.5) is 0 Å². The molecule has 4 heteroatoms. The van der Waals surface area contributed by atoms with Gasteiger partial charge in [-0.25, -0.2) is 0 Å². The minimum atomic E-state index is 0.692. The Morgan fingerprint density at radius 1 is 1.14 bits per heavy atom. The van der Waals surface area contributed by atoms with Crippen molar-refractivity contribution in [1.29, 1.82) is 0 Å². The monoisotopic (exact) mass is 294 g/mol. The average molecular weight is 294 g/mol. The molecular formula is C18H22N4. The molecule has 1 aliphatic heterocycles. The molecule has 0 unspecified atom stereocenters. The quantitative estimate of drug-likeness (QED) is 0.775. The molecule has 22 heavy (non-hydrogen) atoms. The number of H-pyrrole nitrogens is 2. The summed E-state index contributed by atoms with van der Waals surface area (Å²) in [5.41, 5.74) is 3.93. The number of rotatable bonds is 4. The Kier molecular flexibility index (Phi) is 3.69. The van der Waals surface area contributed by atoms with Crippen molar-refractivity contribution in [2.45, 2.75) is 25.2 Å². The molecule has 4 nitrogen and oxygen atoms in total. The van der Waals surface area contributed by atoms with E-state index in [0.29, 0.717) is 5.92 Å². The molecule has 1 fully saturated rings. The number of nitrogens with one attached hydrogen (secondary N) is 2. The first kappa shape index (κ1) is 13.6. The maximum absolute atomic E-state index is 4.23. The molecule has 1 aromatic carbocycles. The van der Waals surface area contributed by atoms with Crippen molar-refractivity contribution in [1.82, 2.24) is 20.1 Å². The fourth-order valence-electron chi connectivity index (χ4n) is 3.60. The van der Waals surface area contributed by atoms with Gasteiger partial charge in [0, 0.05) is 36.3 Å². The van der Waals surface area contributed by atoms with Crippen molar-refractivity contribution >= 4 is 10.9 Å². The fraction of sp³-hybridized carbons (Fsp3) is 0.389. The average Bonchev–Trinajstić information content (AvgIpc) is 3.23. The van der Waals surface area contributed by atoms with E-state index in [1.165, 1.54) is 48.1 Å². The number of benzene rings is 1. The van der Waals surface area contributed by atoms with E-state index in [1.54, 1.807) is 0 Å². The van der Waals surface area contributed by atoms with Crippen LogP contribution in [0.3, 0.4) is 0 Å². The molecular weight excluding hydrogens is 272 g/mol. The van der Waals surface area contributed by atoms with Crippen molar-refractivity contribution in [3.8, 4) is 0 Å². The molecule has 3 aromatic rings. The molecule has 0 aliphatic carbocycles. The summed E-state index contributed by atoms with van der Waals surface area (Å²) in [6.07, 6.45) is 7.67. The lowest BCUT2D eigenvalue weighted by Crippen LogP contribution is -2.34. The van der Waals surface area contributed by atoms with E-state index >= 15 is 0 Å². The minimum absolute atomic E-state index is 0.692. The van der Waals surface area contributed by atoms with Crippen LogP contribution in [0.1, 0.15) is 30.0 Å². The number of piperidine rings is 1. The van der Waals surface area contributed by atoms with E-state index in [2.05, 4.69) is 56.6 Å². The van der Waals surface area contributed by atoms with Gasteiger partial charge in [0.15, 0.2) is 0 Å². The maximum atomic E-state index is 4.23.